The minimum Gasteiger partial charge on any atom is -0.456 e. The van der Waals surface area contributed by atoms with E-state index in [-0.39, 0.29) is 30.3 Å². The van der Waals surface area contributed by atoms with Crippen LogP contribution in [0.2, 0.25) is 0 Å². The summed E-state index contributed by atoms with van der Waals surface area (Å²) in [6, 6.07) is 38.1. The number of hydrogen-bond acceptors (Lipinski definition) is 10. The van der Waals surface area contributed by atoms with Gasteiger partial charge in [0, 0.05) is 17.5 Å². The second kappa shape index (κ2) is 13.6. The molecule has 1 saturated carbocycles. The lowest BCUT2D eigenvalue weighted by Gasteiger charge is -2.36. The maximum Gasteiger partial charge on any atom is 0.363 e. The van der Waals surface area contributed by atoms with Gasteiger partial charge in [0.05, 0.1) is 16.4 Å². The fourth-order valence-corrected chi connectivity index (χ4v) is 5.91. The van der Waals surface area contributed by atoms with Gasteiger partial charge in [-0.2, -0.15) is 5.26 Å². The number of ether oxygens (including phenoxy) is 1. The van der Waals surface area contributed by atoms with Crippen LogP contribution in [0.1, 0.15) is 40.8 Å². The Kier molecular flexibility index (Phi) is 9.04. The van der Waals surface area contributed by atoms with Gasteiger partial charge in [-0.25, -0.2) is 9.78 Å². The Balaban J connectivity index is 1.33. The normalized spacial score (nSPS) is 13.6. The third kappa shape index (κ3) is 6.88. The number of nitriles is 1. The molecule has 1 aliphatic carbocycles. The maximum atomic E-state index is 13.4. The first-order valence-electron chi connectivity index (χ1n) is 14.8. The fourth-order valence-electron chi connectivity index (χ4n) is 5.16. The number of carbonyl (C=O) groups is 1. The molecule has 47 heavy (non-hydrogen) atoms. The second-order valence-electron chi connectivity index (χ2n) is 11.1. The standard InChI is InChI=1S/C36H29N5O5S/c37-24-35(20-21-35)25-46-40-32(33(42)45-22-26-16-18-30(19-17-26)41(43)44)31-23-47-34(38-31)39-36(27-10-4-1-5-11-27,28-12-6-2-7-13-28)29-14-8-3-9-15-29/h1-19,23H,20-22,25H2,(H,38,39)/b40-32-. The Labute approximate surface area is 275 Å². The number of esters is 1. The molecule has 0 aliphatic heterocycles. The van der Waals surface area contributed by atoms with Crippen LogP contribution < -0.4 is 5.32 Å². The number of non-ortho nitro benzene ring substituents is 1. The van der Waals surface area contributed by atoms with E-state index in [1.807, 2.05) is 54.6 Å². The number of nitro groups is 1. The molecule has 1 N–H and O–H groups in total. The Bertz CT molecular complexity index is 1820. The van der Waals surface area contributed by atoms with Crippen LogP contribution in [-0.2, 0) is 26.5 Å². The molecule has 10 nitrogen and oxygen atoms in total. The highest BCUT2D eigenvalue weighted by atomic mass is 32.1. The van der Waals surface area contributed by atoms with Crippen molar-refractivity contribution in [3.63, 3.8) is 0 Å². The lowest BCUT2D eigenvalue weighted by molar-refractivity contribution is -0.384. The highest BCUT2D eigenvalue weighted by molar-refractivity contribution is 7.14. The van der Waals surface area contributed by atoms with Crippen LogP contribution in [0.4, 0.5) is 10.8 Å². The molecule has 5 aromatic rings. The van der Waals surface area contributed by atoms with E-state index in [9.17, 15) is 20.2 Å². The van der Waals surface area contributed by atoms with Crippen LogP contribution in [0.3, 0.4) is 0 Å². The van der Waals surface area contributed by atoms with Crippen LogP contribution in [0.5, 0.6) is 0 Å². The van der Waals surface area contributed by atoms with Crippen LogP contribution >= 0.6 is 11.3 Å². The molecule has 0 radical (unpaired) electrons. The maximum absolute atomic E-state index is 13.4. The molecule has 0 atom stereocenters. The summed E-state index contributed by atoms with van der Waals surface area (Å²) in [5.41, 5.74) is 2.08. The molecule has 0 spiro atoms. The Morgan fingerprint density at radius 1 is 0.936 bits per heavy atom. The molecule has 0 unspecified atom stereocenters. The largest absolute Gasteiger partial charge is 0.456 e. The Hall–Kier alpha value is -5.86. The molecule has 1 fully saturated rings. The highest BCUT2D eigenvalue weighted by Gasteiger charge is 2.44. The summed E-state index contributed by atoms with van der Waals surface area (Å²) in [5.74, 6) is -0.789. The second-order valence-corrected chi connectivity index (χ2v) is 12.0. The van der Waals surface area contributed by atoms with Gasteiger partial charge in [0.25, 0.3) is 5.69 Å². The van der Waals surface area contributed by atoms with Gasteiger partial charge < -0.3 is 14.9 Å². The summed E-state index contributed by atoms with van der Waals surface area (Å²) >= 11 is 1.30. The predicted molar refractivity (Wildman–Crippen MR) is 178 cm³/mol. The van der Waals surface area contributed by atoms with E-state index >= 15 is 0 Å². The first-order chi connectivity index (χ1) is 22.9. The lowest BCUT2D eigenvalue weighted by Crippen LogP contribution is -2.38. The number of carbonyl (C=O) groups excluding carboxylic acids is 1. The number of nitro benzene ring substituents is 1. The topological polar surface area (TPSA) is 140 Å². The summed E-state index contributed by atoms with van der Waals surface area (Å²) in [6.45, 7) is -0.108. The third-order valence-corrected chi connectivity index (χ3v) is 8.72. The molecular weight excluding hydrogens is 614 g/mol. The molecule has 11 heteroatoms. The molecule has 1 heterocycles. The molecule has 1 aliphatic rings. The molecular formula is C36H29N5O5S. The van der Waals surface area contributed by atoms with E-state index in [1.165, 1.54) is 35.6 Å². The summed E-state index contributed by atoms with van der Waals surface area (Å²) in [7, 11) is 0. The molecule has 0 bridgehead atoms. The van der Waals surface area contributed by atoms with E-state index in [2.05, 4.69) is 52.9 Å². The molecule has 4 aromatic carbocycles. The van der Waals surface area contributed by atoms with Crippen molar-refractivity contribution < 1.29 is 19.3 Å². The van der Waals surface area contributed by atoms with Crippen molar-refractivity contribution in [2.45, 2.75) is 25.0 Å². The van der Waals surface area contributed by atoms with E-state index in [1.54, 1.807) is 5.38 Å². The average molecular weight is 644 g/mol. The number of rotatable bonds is 13. The molecule has 1 aromatic heterocycles. The van der Waals surface area contributed by atoms with Gasteiger partial charge in [0.15, 0.2) is 5.13 Å². The number of nitrogens with one attached hydrogen (secondary N) is 1. The average Bonchev–Trinajstić information content (AvgIpc) is 3.76. The summed E-state index contributed by atoms with van der Waals surface area (Å²) in [4.78, 5) is 34.3. The number of benzene rings is 4. The van der Waals surface area contributed by atoms with E-state index in [0.29, 0.717) is 23.5 Å². The SMILES string of the molecule is N#CC1(CO/N=C(\C(=O)OCc2ccc([N+](=O)[O-])cc2)c2csc(NC(c3ccccc3)(c3ccccc3)c3ccccc3)n2)CC1. The van der Waals surface area contributed by atoms with Crippen molar-refractivity contribution in [3.05, 3.63) is 159 Å². The zero-order valence-electron chi connectivity index (χ0n) is 25.1. The van der Waals surface area contributed by atoms with Crippen LogP contribution in [0.25, 0.3) is 0 Å². The van der Waals surface area contributed by atoms with Crippen molar-refractivity contribution in [1.29, 1.82) is 5.26 Å². The minimum atomic E-state index is -0.839. The number of hydrogen-bond donors (Lipinski definition) is 1. The van der Waals surface area contributed by atoms with Crippen LogP contribution in [0, 0.1) is 26.9 Å². The lowest BCUT2D eigenvalue weighted by atomic mass is 9.77. The zero-order valence-corrected chi connectivity index (χ0v) is 25.9. The number of anilines is 1. The van der Waals surface area contributed by atoms with Crippen molar-refractivity contribution in [1.82, 2.24) is 4.98 Å². The van der Waals surface area contributed by atoms with Crippen molar-refractivity contribution in [2.24, 2.45) is 10.6 Å². The van der Waals surface area contributed by atoms with Gasteiger partial charge in [-0.15, -0.1) is 11.3 Å². The van der Waals surface area contributed by atoms with E-state index in [0.717, 1.165) is 16.7 Å². The number of oxime groups is 1. The van der Waals surface area contributed by atoms with Gasteiger partial charge in [-0.1, -0.05) is 96.2 Å². The van der Waals surface area contributed by atoms with Gasteiger partial charge in [-0.05, 0) is 47.2 Å². The molecule has 234 valence electrons. The Morgan fingerprint density at radius 2 is 1.49 bits per heavy atom. The number of thiazole rings is 1. The minimum absolute atomic E-state index is 0.0387. The first kappa shape index (κ1) is 31.1. The highest BCUT2D eigenvalue weighted by Crippen LogP contribution is 2.45. The predicted octanol–water partition coefficient (Wildman–Crippen LogP) is 7.22. The van der Waals surface area contributed by atoms with Crippen molar-refractivity contribution >= 4 is 33.8 Å². The fraction of sp³-hybridized carbons (Fsp3) is 0.167. The van der Waals surface area contributed by atoms with E-state index in [4.69, 9.17) is 14.6 Å². The van der Waals surface area contributed by atoms with Gasteiger partial charge in [-0.3, -0.25) is 10.1 Å². The van der Waals surface area contributed by atoms with Gasteiger partial charge >= 0.3 is 5.97 Å². The van der Waals surface area contributed by atoms with Crippen LogP contribution in [-0.4, -0.2) is 28.2 Å². The quantitative estimate of drug-likeness (QED) is 0.0466. The zero-order chi connectivity index (χ0) is 32.7. The summed E-state index contributed by atoms with van der Waals surface area (Å²) in [5, 5.41) is 30.5. The summed E-state index contributed by atoms with van der Waals surface area (Å²) < 4.78 is 5.55. The molecule has 6 rings (SSSR count). The first-order valence-corrected chi connectivity index (χ1v) is 15.7. The Morgan fingerprint density at radius 3 is 1.98 bits per heavy atom. The third-order valence-electron chi connectivity index (χ3n) is 7.96. The van der Waals surface area contributed by atoms with Crippen molar-refractivity contribution in [3.8, 4) is 6.07 Å². The monoisotopic (exact) mass is 643 g/mol. The number of nitrogens with zero attached hydrogens (tertiary/aromatic N) is 4. The number of aromatic nitrogens is 1. The smallest absolute Gasteiger partial charge is 0.363 e. The molecule has 0 saturated heterocycles. The summed E-state index contributed by atoms with van der Waals surface area (Å²) in [6.07, 6.45) is 1.40. The van der Waals surface area contributed by atoms with E-state index < -0.39 is 21.8 Å². The molecule has 0 amide bonds. The van der Waals surface area contributed by atoms with Crippen molar-refractivity contribution in [2.75, 3.05) is 11.9 Å². The van der Waals surface area contributed by atoms with Gasteiger partial charge in [0.1, 0.15) is 24.4 Å². The van der Waals surface area contributed by atoms with Gasteiger partial charge in [0.2, 0.25) is 5.71 Å². The van der Waals surface area contributed by atoms with Crippen LogP contribution in [0.15, 0.2) is 126 Å².